The van der Waals surface area contributed by atoms with Crippen LogP contribution >= 0.6 is 11.8 Å². The summed E-state index contributed by atoms with van der Waals surface area (Å²) in [5.41, 5.74) is 0.607. The lowest BCUT2D eigenvalue weighted by molar-refractivity contribution is 0.323. The molecule has 0 unspecified atom stereocenters. The van der Waals surface area contributed by atoms with E-state index >= 15 is 0 Å². The second-order valence-corrected chi connectivity index (χ2v) is 5.32. The molecule has 0 aromatic heterocycles. The van der Waals surface area contributed by atoms with E-state index in [0.717, 1.165) is 31.1 Å². The van der Waals surface area contributed by atoms with Gasteiger partial charge >= 0.3 is 0 Å². The summed E-state index contributed by atoms with van der Waals surface area (Å²) < 4.78 is 5.63. The molecule has 0 aliphatic rings. The molecular formula is C15H22N2OS. The molecule has 0 bridgehead atoms. The van der Waals surface area contributed by atoms with E-state index in [0.29, 0.717) is 17.9 Å². The number of para-hydroxylation sites is 1. The normalized spacial score (nSPS) is 10.4. The fourth-order valence-electron chi connectivity index (χ4n) is 1.73. The van der Waals surface area contributed by atoms with Crippen LogP contribution in [-0.4, -0.2) is 42.6 Å². The van der Waals surface area contributed by atoms with Crippen LogP contribution in [0.2, 0.25) is 0 Å². The molecule has 1 rings (SSSR count). The SMILES string of the molecule is CCN(CC)CCSCCOc1ccccc1C#N. The molecule has 0 heterocycles. The molecule has 4 heteroatoms. The Morgan fingerprint density at radius 2 is 1.95 bits per heavy atom. The summed E-state index contributed by atoms with van der Waals surface area (Å²) in [6.07, 6.45) is 0. The lowest BCUT2D eigenvalue weighted by atomic mass is 10.2. The zero-order valence-electron chi connectivity index (χ0n) is 11.8. The Kier molecular flexibility index (Phi) is 8.11. The van der Waals surface area contributed by atoms with Gasteiger partial charge in [0.05, 0.1) is 12.2 Å². The van der Waals surface area contributed by atoms with Crippen LogP contribution in [0.4, 0.5) is 0 Å². The molecule has 0 N–H and O–H groups in total. The fourth-order valence-corrected chi connectivity index (χ4v) is 2.52. The summed E-state index contributed by atoms with van der Waals surface area (Å²) in [5, 5.41) is 8.93. The van der Waals surface area contributed by atoms with Gasteiger partial charge in [0.1, 0.15) is 11.8 Å². The molecule has 0 aliphatic carbocycles. The van der Waals surface area contributed by atoms with E-state index in [-0.39, 0.29) is 0 Å². The van der Waals surface area contributed by atoms with E-state index in [4.69, 9.17) is 10.00 Å². The molecule has 0 spiro atoms. The standard InChI is InChI=1S/C15H22N2OS/c1-3-17(4-2)9-11-19-12-10-18-15-8-6-5-7-14(15)13-16/h5-8H,3-4,9-12H2,1-2H3. The maximum Gasteiger partial charge on any atom is 0.137 e. The molecule has 0 amide bonds. The topological polar surface area (TPSA) is 36.3 Å². The molecule has 0 saturated carbocycles. The highest BCUT2D eigenvalue weighted by Crippen LogP contribution is 2.16. The predicted octanol–water partition coefficient (Wildman–Crippen LogP) is 3.01. The minimum absolute atomic E-state index is 0.607. The third-order valence-corrected chi connectivity index (χ3v) is 3.87. The van der Waals surface area contributed by atoms with Crippen LogP contribution in [-0.2, 0) is 0 Å². The number of thioether (sulfide) groups is 1. The largest absolute Gasteiger partial charge is 0.491 e. The van der Waals surface area contributed by atoms with E-state index < -0.39 is 0 Å². The number of hydrogen-bond acceptors (Lipinski definition) is 4. The van der Waals surface area contributed by atoms with Gasteiger partial charge in [-0.25, -0.2) is 0 Å². The van der Waals surface area contributed by atoms with Gasteiger partial charge in [0.15, 0.2) is 0 Å². The Hall–Kier alpha value is -1.18. The molecule has 19 heavy (non-hydrogen) atoms. The lowest BCUT2D eigenvalue weighted by Gasteiger charge is -2.17. The first-order valence-electron chi connectivity index (χ1n) is 6.73. The van der Waals surface area contributed by atoms with Crippen molar-refractivity contribution in [2.24, 2.45) is 0 Å². The Bertz CT molecular complexity index is 399. The van der Waals surface area contributed by atoms with Gasteiger partial charge in [0, 0.05) is 18.1 Å². The van der Waals surface area contributed by atoms with Crippen molar-refractivity contribution < 1.29 is 4.74 Å². The molecule has 1 aromatic carbocycles. The first-order chi connectivity index (χ1) is 9.31. The van der Waals surface area contributed by atoms with Gasteiger partial charge in [-0.05, 0) is 25.2 Å². The molecule has 0 radical (unpaired) electrons. The Labute approximate surface area is 120 Å². The summed E-state index contributed by atoms with van der Waals surface area (Å²) in [6.45, 7) is 8.40. The highest BCUT2D eigenvalue weighted by molar-refractivity contribution is 7.99. The highest BCUT2D eigenvalue weighted by Gasteiger charge is 2.02. The van der Waals surface area contributed by atoms with Crippen LogP contribution < -0.4 is 4.74 Å². The number of hydrogen-bond donors (Lipinski definition) is 0. The van der Waals surface area contributed by atoms with Crippen molar-refractivity contribution in [2.75, 3.05) is 37.7 Å². The van der Waals surface area contributed by atoms with Gasteiger partial charge in [0.25, 0.3) is 0 Å². The van der Waals surface area contributed by atoms with Crippen molar-refractivity contribution in [2.45, 2.75) is 13.8 Å². The van der Waals surface area contributed by atoms with Gasteiger partial charge in [0.2, 0.25) is 0 Å². The van der Waals surface area contributed by atoms with Crippen molar-refractivity contribution in [3.8, 4) is 11.8 Å². The number of ether oxygens (including phenoxy) is 1. The molecule has 0 atom stereocenters. The molecule has 0 fully saturated rings. The van der Waals surface area contributed by atoms with Crippen molar-refractivity contribution in [3.63, 3.8) is 0 Å². The highest BCUT2D eigenvalue weighted by atomic mass is 32.2. The van der Waals surface area contributed by atoms with E-state index in [1.54, 1.807) is 6.07 Å². The van der Waals surface area contributed by atoms with Gasteiger partial charge in [-0.1, -0.05) is 26.0 Å². The second kappa shape index (κ2) is 9.71. The summed E-state index contributed by atoms with van der Waals surface area (Å²) in [4.78, 5) is 2.42. The van der Waals surface area contributed by atoms with E-state index in [9.17, 15) is 0 Å². The van der Waals surface area contributed by atoms with Crippen LogP contribution in [0.1, 0.15) is 19.4 Å². The van der Waals surface area contributed by atoms with E-state index in [1.807, 2.05) is 30.0 Å². The quantitative estimate of drug-likeness (QED) is 0.651. The maximum atomic E-state index is 8.93. The number of nitrogens with zero attached hydrogens (tertiary/aromatic N) is 2. The van der Waals surface area contributed by atoms with Gasteiger partial charge < -0.3 is 9.64 Å². The zero-order chi connectivity index (χ0) is 13.9. The van der Waals surface area contributed by atoms with Crippen LogP contribution in [0.25, 0.3) is 0 Å². The first kappa shape index (κ1) is 15.9. The van der Waals surface area contributed by atoms with Crippen LogP contribution in [0.15, 0.2) is 24.3 Å². The summed E-state index contributed by atoms with van der Waals surface area (Å²) in [7, 11) is 0. The van der Waals surface area contributed by atoms with Crippen LogP contribution in [0.5, 0.6) is 5.75 Å². The average molecular weight is 278 g/mol. The van der Waals surface area contributed by atoms with Gasteiger partial charge in [-0.3, -0.25) is 0 Å². The van der Waals surface area contributed by atoms with Crippen molar-refractivity contribution in [3.05, 3.63) is 29.8 Å². The Morgan fingerprint density at radius 3 is 2.63 bits per heavy atom. The first-order valence-corrected chi connectivity index (χ1v) is 7.89. The van der Waals surface area contributed by atoms with Gasteiger partial charge in [-0.15, -0.1) is 0 Å². The van der Waals surface area contributed by atoms with Crippen molar-refractivity contribution in [1.82, 2.24) is 4.90 Å². The number of benzene rings is 1. The monoisotopic (exact) mass is 278 g/mol. The summed E-state index contributed by atoms with van der Waals surface area (Å²) in [5.74, 6) is 2.78. The molecular weight excluding hydrogens is 256 g/mol. The van der Waals surface area contributed by atoms with Crippen molar-refractivity contribution in [1.29, 1.82) is 5.26 Å². The zero-order valence-corrected chi connectivity index (χ0v) is 12.6. The van der Waals surface area contributed by atoms with E-state index in [2.05, 4.69) is 24.8 Å². The van der Waals surface area contributed by atoms with Gasteiger partial charge in [-0.2, -0.15) is 17.0 Å². The molecule has 0 saturated heterocycles. The number of rotatable bonds is 9. The predicted molar refractivity (Wildman–Crippen MR) is 81.8 cm³/mol. The second-order valence-electron chi connectivity index (χ2n) is 4.10. The number of nitriles is 1. The summed E-state index contributed by atoms with van der Waals surface area (Å²) in [6, 6.07) is 9.51. The molecule has 3 nitrogen and oxygen atoms in total. The van der Waals surface area contributed by atoms with Crippen molar-refractivity contribution >= 4 is 11.8 Å². The average Bonchev–Trinajstić information content (AvgIpc) is 2.47. The van der Waals surface area contributed by atoms with E-state index in [1.165, 1.54) is 0 Å². The minimum Gasteiger partial charge on any atom is -0.491 e. The molecule has 104 valence electrons. The fraction of sp³-hybridized carbons (Fsp3) is 0.533. The third kappa shape index (κ3) is 6.00. The summed E-state index contributed by atoms with van der Waals surface area (Å²) >= 11 is 1.90. The lowest BCUT2D eigenvalue weighted by Crippen LogP contribution is -2.25. The Balaban J connectivity index is 2.16. The molecule has 0 aliphatic heterocycles. The minimum atomic E-state index is 0.607. The third-order valence-electron chi connectivity index (χ3n) is 2.94. The van der Waals surface area contributed by atoms with Crippen LogP contribution in [0, 0.1) is 11.3 Å². The van der Waals surface area contributed by atoms with Crippen LogP contribution in [0.3, 0.4) is 0 Å². The Morgan fingerprint density at radius 1 is 1.21 bits per heavy atom. The smallest absolute Gasteiger partial charge is 0.137 e. The maximum absolute atomic E-state index is 8.93. The molecule has 1 aromatic rings.